The molecule has 0 spiro atoms. The van der Waals surface area contributed by atoms with Crippen LogP contribution in [0.1, 0.15) is 16.2 Å². The second-order valence-electron chi connectivity index (χ2n) is 5.91. The quantitative estimate of drug-likeness (QED) is 0.401. The number of aromatic nitrogens is 3. The van der Waals surface area contributed by atoms with Crippen molar-refractivity contribution in [2.24, 2.45) is 0 Å². The van der Waals surface area contributed by atoms with E-state index >= 15 is 0 Å². The van der Waals surface area contributed by atoms with Crippen molar-refractivity contribution >= 4 is 17.5 Å². The zero-order valence-corrected chi connectivity index (χ0v) is 15.3. The van der Waals surface area contributed by atoms with E-state index in [1.165, 1.54) is 36.0 Å². The predicted octanol–water partition coefficient (Wildman–Crippen LogP) is 2.41. The van der Waals surface area contributed by atoms with Crippen LogP contribution in [0.3, 0.4) is 0 Å². The summed E-state index contributed by atoms with van der Waals surface area (Å²) >= 11 is 1.33. The van der Waals surface area contributed by atoms with Gasteiger partial charge in [-0.25, -0.2) is 4.39 Å². The van der Waals surface area contributed by atoms with Crippen molar-refractivity contribution in [2.45, 2.75) is 18.2 Å². The molecule has 6 nitrogen and oxygen atoms in total. The van der Waals surface area contributed by atoms with E-state index in [4.69, 9.17) is 4.74 Å². The van der Waals surface area contributed by atoms with Gasteiger partial charge in [-0.3, -0.25) is 9.69 Å². The van der Waals surface area contributed by atoms with Crippen molar-refractivity contribution in [1.82, 2.24) is 19.7 Å². The Kier molecular flexibility index (Phi) is 6.54. The van der Waals surface area contributed by atoms with Crippen LogP contribution in [0.2, 0.25) is 0 Å². The molecule has 3 rings (SSSR count). The van der Waals surface area contributed by atoms with Crippen LogP contribution >= 0.6 is 11.8 Å². The molecule has 0 radical (unpaired) electrons. The van der Waals surface area contributed by atoms with E-state index in [1.54, 1.807) is 6.08 Å². The summed E-state index contributed by atoms with van der Waals surface area (Å²) in [6, 6.07) is 5.57. The number of halogens is 1. The minimum Gasteiger partial charge on any atom is -0.379 e. The van der Waals surface area contributed by atoms with Gasteiger partial charge in [0, 0.05) is 25.2 Å². The Morgan fingerprint density at radius 1 is 1.27 bits per heavy atom. The van der Waals surface area contributed by atoms with Gasteiger partial charge in [-0.05, 0) is 24.3 Å². The molecule has 0 atom stereocenters. The van der Waals surface area contributed by atoms with Gasteiger partial charge in [0.25, 0.3) is 0 Å². The van der Waals surface area contributed by atoms with Crippen molar-refractivity contribution in [3.8, 4) is 0 Å². The fraction of sp³-hybridized carbons (Fsp3) is 0.389. The maximum Gasteiger partial charge on any atom is 0.191 e. The van der Waals surface area contributed by atoms with E-state index in [2.05, 4.69) is 21.7 Å². The predicted molar refractivity (Wildman–Crippen MR) is 97.8 cm³/mol. The molecule has 2 heterocycles. The minimum absolute atomic E-state index is 0.0714. The topological polar surface area (TPSA) is 60.2 Å². The summed E-state index contributed by atoms with van der Waals surface area (Å²) in [4.78, 5) is 14.5. The molecule has 138 valence electrons. The molecule has 1 aliphatic heterocycles. The highest BCUT2D eigenvalue weighted by Gasteiger charge is 2.18. The second-order valence-corrected chi connectivity index (χ2v) is 6.85. The summed E-state index contributed by atoms with van der Waals surface area (Å²) in [5, 5.41) is 9.21. The number of allylic oxidation sites excluding steroid dienone is 1. The van der Waals surface area contributed by atoms with Crippen molar-refractivity contribution in [2.75, 3.05) is 32.1 Å². The number of Topliss-reactive ketones (excluding diaryl/α,β-unsaturated/α-hetero) is 1. The van der Waals surface area contributed by atoms with E-state index in [-0.39, 0.29) is 17.4 Å². The average molecular weight is 376 g/mol. The summed E-state index contributed by atoms with van der Waals surface area (Å²) in [5.74, 6) is 0.646. The lowest BCUT2D eigenvalue weighted by molar-refractivity contribution is 0.0325. The summed E-state index contributed by atoms with van der Waals surface area (Å²) in [5.41, 5.74) is 0.488. The molecular weight excluding hydrogens is 355 g/mol. The Morgan fingerprint density at radius 3 is 2.69 bits per heavy atom. The van der Waals surface area contributed by atoms with Crippen LogP contribution in [0.15, 0.2) is 42.1 Å². The van der Waals surface area contributed by atoms with Gasteiger partial charge < -0.3 is 9.30 Å². The van der Waals surface area contributed by atoms with Crippen molar-refractivity contribution in [1.29, 1.82) is 0 Å². The molecule has 8 heteroatoms. The first-order chi connectivity index (χ1) is 12.7. The number of thioether (sulfide) groups is 1. The highest BCUT2D eigenvalue weighted by Crippen LogP contribution is 2.20. The van der Waals surface area contributed by atoms with Crippen LogP contribution in [-0.2, 0) is 17.8 Å². The zero-order chi connectivity index (χ0) is 18.4. The Balaban J connectivity index is 1.65. The lowest BCUT2D eigenvalue weighted by Gasteiger charge is -2.26. The number of carbonyl (C=O) groups excluding carboxylic acids is 1. The number of hydrogen-bond donors (Lipinski definition) is 0. The van der Waals surface area contributed by atoms with Crippen LogP contribution in [-0.4, -0.2) is 57.5 Å². The molecule has 2 aromatic rings. The Labute approximate surface area is 156 Å². The van der Waals surface area contributed by atoms with Gasteiger partial charge in [-0.2, -0.15) is 0 Å². The smallest absolute Gasteiger partial charge is 0.191 e. The Morgan fingerprint density at radius 2 is 2.00 bits per heavy atom. The molecule has 1 saturated heterocycles. The second kappa shape index (κ2) is 9.07. The molecule has 0 unspecified atom stereocenters. The highest BCUT2D eigenvalue weighted by atomic mass is 32.2. The average Bonchev–Trinajstić information content (AvgIpc) is 3.03. The highest BCUT2D eigenvalue weighted by molar-refractivity contribution is 7.99. The van der Waals surface area contributed by atoms with Crippen LogP contribution in [0.5, 0.6) is 0 Å². The van der Waals surface area contributed by atoms with Crippen molar-refractivity contribution < 1.29 is 13.9 Å². The molecular formula is C18H21FN4O2S. The number of morpholine rings is 1. The lowest BCUT2D eigenvalue weighted by Crippen LogP contribution is -2.36. The largest absolute Gasteiger partial charge is 0.379 e. The summed E-state index contributed by atoms with van der Waals surface area (Å²) in [6.07, 6.45) is 1.79. The first-order valence-corrected chi connectivity index (χ1v) is 9.40. The van der Waals surface area contributed by atoms with E-state index in [9.17, 15) is 9.18 Å². The Bertz CT molecular complexity index is 757. The fourth-order valence-corrected chi connectivity index (χ4v) is 3.52. The molecule has 1 fully saturated rings. The molecule has 0 bridgehead atoms. The third-order valence-electron chi connectivity index (χ3n) is 4.07. The molecule has 1 aliphatic rings. The van der Waals surface area contributed by atoms with Gasteiger partial charge in [-0.1, -0.05) is 17.8 Å². The molecule has 0 saturated carbocycles. The molecule has 0 amide bonds. The van der Waals surface area contributed by atoms with Crippen molar-refractivity contribution in [3.05, 3.63) is 54.1 Å². The Hall–Kier alpha value is -2.03. The molecule has 26 heavy (non-hydrogen) atoms. The minimum atomic E-state index is -0.354. The lowest BCUT2D eigenvalue weighted by atomic mass is 10.1. The van der Waals surface area contributed by atoms with E-state index in [0.717, 1.165) is 32.1 Å². The van der Waals surface area contributed by atoms with E-state index < -0.39 is 0 Å². The van der Waals surface area contributed by atoms with Crippen LogP contribution in [0, 0.1) is 5.82 Å². The van der Waals surface area contributed by atoms with Gasteiger partial charge in [0.1, 0.15) is 11.6 Å². The number of hydrogen-bond acceptors (Lipinski definition) is 6. The standard InChI is InChI=1S/C18H21FN4O2S/c1-2-7-23-17(12-22-8-10-25-11-9-22)20-21-18(23)26-13-16(24)14-3-5-15(19)6-4-14/h2-6H,1,7-13H2. The number of nitrogens with zero attached hydrogens (tertiary/aromatic N) is 4. The number of ether oxygens (including phenoxy) is 1. The summed E-state index contributed by atoms with van der Waals surface area (Å²) in [6.45, 7) is 8.25. The number of carbonyl (C=O) groups is 1. The molecule has 0 aliphatic carbocycles. The van der Waals surface area contributed by atoms with Crippen LogP contribution in [0.25, 0.3) is 0 Å². The van der Waals surface area contributed by atoms with Crippen LogP contribution in [0.4, 0.5) is 4.39 Å². The first-order valence-electron chi connectivity index (χ1n) is 8.42. The molecule has 1 aromatic carbocycles. The monoisotopic (exact) mass is 376 g/mol. The van der Waals surface area contributed by atoms with E-state index in [1.807, 2.05) is 4.57 Å². The molecule has 0 N–H and O–H groups in total. The first kappa shape index (κ1) is 18.8. The zero-order valence-electron chi connectivity index (χ0n) is 14.4. The number of benzene rings is 1. The van der Waals surface area contributed by atoms with Gasteiger partial charge in [-0.15, -0.1) is 16.8 Å². The third-order valence-corrected chi connectivity index (χ3v) is 5.04. The SMILES string of the molecule is C=CCn1c(CN2CCOCC2)nnc1SCC(=O)c1ccc(F)cc1. The fourth-order valence-electron chi connectivity index (χ4n) is 2.66. The van der Waals surface area contributed by atoms with Crippen molar-refractivity contribution in [3.63, 3.8) is 0 Å². The third kappa shape index (κ3) is 4.78. The number of rotatable bonds is 8. The maximum atomic E-state index is 13.0. The molecule has 1 aromatic heterocycles. The van der Waals surface area contributed by atoms with Gasteiger partial charge in [0.2, 0.25) is 0 Å². The van der Waals surface area contributed by atoms with Gasteiger partial charge in [0.15, 0.2) is 10.9 Å². The number of ketones is 1. The normalized spacial score (nSPS) is 15.1. The van der Waals surface area contributed by atoms with E-state index in [0.29, 0.717) is 23.8 Å². The van der Waals surface area contributed by atoms with Gasteiger partial charge >= 0.3 is 0 Å². The maximum absolute atomic E-state index is 13.0. The summed E-state index contributed by atoms with van der Waals surface area (Å²) in [7, 11) is 0. The van der Waals surface area contributed by atoms with Gasteiger partial charge in [0.05, 0.1) is 25.5 Å². The summed E-state index contributed by atoms with van der Waals surface area (Å²) < 4.78 is 20.3. The van der Waals surface area contributed by atoms with Crippen LogP contribution < -0.4 is 0 Å².